The van der Waals surface area contributed by atoms with Crippen LogP contribution in [0.5, 0.6) is 0 Å². The highest BCUT2D eigenvalue weighted by Gasteiger charge is 1.98. The summed E-state index contributed by atoms with van der Waals surface area (Å²) in [6.07, 6.45) is 5.23. The lowest BCUT2D eigenvalue weighted by Gasteiger charge is -1.96. The molecule has 0 saturated heterocycles. The smallest absolute Gasteiger partial charge is 0.208 e. The first kappa shape index (κ1) is 10.6. The minimum Gasteiger partial charge on any atom is -0.262 e. The van der Waals surface area contributed by atoms with Crippen molar-refractivity contribution in [3.8, 4) is 0 Å². The Bertz CT molecular complexity index is 235. The van der Waals surface area contributed by atoms with Gasteiger partial charge < -0.3 is 0 Å². The number of aryl methyl sites for hydroxylation is 1. The third kappa shape index (κ3) is 4.31. The molecular weight excluding hydrogens is 182 g/mol. The number of thioether (sulfide) groups is 1. The number of aromatic amines is 1. The first-order chi connectivity index (χ1) is 6.33. The number of nitrogens with zero attached hydrogens (tertiary/aromatic N) is 2. The molecule has 0 amide bonds. The summed E-state index contributed by atoms with van der Waals surface area (Å²) in [5.41, 5.74) is 0. The van der Waals surface area contributed by atoms with Gasteiger partial charge in [-0.05, 0) is 13.3 Å². The van der Waals surface area contributed by atoms with E-state index in [1.165, 1.54) is 25.7 Å². The van der Waals surface area contributed by atoms with Crippen LogP contribution in [0.4, 0.5) is 0 Å². The van der Waals surface area contributed by atoms with Gasteiger partial charge in [0.05, 0.1) is 0 Å². The van der Waals surface area contributed by atoms with E-state index in [1.807, 2.05) is 6.92 Å². The second-order valence-electron chi connectivity index (χ2n) is 3.11. The zero-order chi connectivity index (χ0) is 9.52. The molecule has 3 nitrogen and oxygen atoms in total. The average molecular weight is 199 g/mol. The maximum absolute atomic E-state index is 4.22. The quantitative estimate of drug-likeness (QED) is 0.566. The third-order valence-electron chi connectivity index (χ3n) is 1.81. The van der Waals surface area contributed by atoms with Crippen LogP contribution in [0.15, 0.2) is 5.16 Å². The minimum absolute atomic E-state index is 0.883. The summed E-state index contributed by atoms with van der Waals surface area (Å²) in [5, 5.41) is 7.78. The van der Waals surface area contributed by atoms with Crippen molar-refractivity contribution in [1.82, 2.24) is 15.2 Å². The van der Waals surface area contributed by atoms with E-state index in [-0.39, 0.29) is 0 Å². The highest BCUT2D eigenvalue weighted by molar-refractivity contribution is 7.99. The number of hydrogen-bond donors (Lipinski definition) is 1. The molecule has 1 rings (SSSR count). The Morgan fingerprint density at radius 1 is 1.31 bits per heavy atom. The molecule has 0 radical (unpaired) electrons. The van der Waals surface area contributed by atoms with Gasteiger partial charge in [-0.15, -0.1) is 5.10 Å². The molecule has 0 aliphatic carbocycles. The van der Waals surface area contributed by atoms with Crippen molar-refractivity contribution in [2.24, 2.45) is 0 Å². The molecule has 0 aromatic carbocycles. The van der Waals surface area contributed by atoms with Crippen molar-refractivity contribution < 1.29 is 0 Å². The highest BCUT2D eigenvalue weighted by Crippen LogP contribution is 2.14. The standard InChI is InChI=1S/C9H17N3S/c1-3-4-5-6-7-13-9-10-8(2)11-12-9/h3-7H2,1-2H3,(H,10,11,12). The fourth-order valence-electron chi connectivity index (χ4n) is 1.08. The first-order valence-electron chi connectivity index (χ1n) is 4.84. The normalized spacial score (nSPS) is 10.6. The third-order valence-corrected chi connectivity index (χ3v) is 2.74. The maximum atomic E-state index is 4.22. The number of unbranched alkanes of at least 4 members (excludes halogenated alkanes) is 3. The summed E-state index contributed by atoms with van der Waals surface area (Å²) in [7, 11) is 0. The zero-order valence-corrected chi connectivity index (χ0v) is 9.15. The van der Waals surface area contributed by atoms with E-state index < -0.39 is 0 Å². The van der Waals surface area contributed by atoms with Crippen LogP contribution < -0.4 is 0 Å². The predicted octanol–water partition coefficient (Wildman–Crippen LogP) is 2.79. The summed E-state index contributed by atoms with van der Waals surface area (Å²) in [5.74, 6) is 2.04. The van der Waals surface area contributed by atoms with Crippen LogP contribution in [-0.4, -0.2) is 20.9 Å². The van der Waals surface area contributed by atoms with E-state index >= 15 is 0 Å². The molecule has 1 aromatic heterocycles. The predicted molar refractivity (Wildman–Crippen MR) is 56.0 cm³/mol. The van der Waals surface area contributed by atoms with E-state index in [1.54, 1.807) is 11.8 Å². The summed E-state index contributed by atoms with van der Waals surface area (Å²) in [6, 6.07) is 0. The molecule has 0 aliphatic rings. The summed E-state index contributed by atoms with van der Waals surface area (Å²) >= 11 is 1.74. The molecular formula is C9H17N3S. The molecule has 1 heterocycles. The van der Waals surface area contributed by atoms with Gasteiger partial charge in [0, 0.05) is 5.75 Å². The van der Waals surface area contributed by atoms with E-state index in [0.717, 1.165) is 16.7 Å². The van der Waals surface area contributed by atoms with Crippen molar-refractivity contribution in [2.45, 2.75) is 44.7 Å². The average Bonchev–Trinajstić information content (AvgIpc) is 2.51. The van der Waals surface area contributed by atoms with E-state index in [2.05, 4.69) is 22.1 Å². The van der Waals surface area contributed by atoms with Crippen LogP contribution in [0.25, 0.3) is 0 Å². The topological polar surface area (TPSA) is 41.6 Å². The summed E-state index contributed by atoms with van der Waals surface area (Å²) < 4.78 is 0. The number of nitrogens with one attached hydrogen (secondary N) is 1. The lowest BCUT2D eigenvalue weighted by atomic mass is 10.2. The van der Waals surface area contributed by atoms with E-state index in [9.17, 15) is 0 Å². The van der Waals surface area contributed by atoms with Crippen molar-refractivity contribution in [1.29, 1.82) is 0 Å². The Balaban J connectivity index is 2.06. The molecule has 0 atom stereocenters. The number of hydrogen-bond acceptors (Lipinski definition) is 3. The molecule has 0 bridgehead atoms. The lowest BCUT2D eigenvalue weighted by Crippen LogP contribution is -1.82. The Labute approximate surface area is 83.7 Å². The minimum atomic E-state index is 0.883. The number of aromatic nitrogens is 3. The van der Waals surface area contributed by atoms with Crippen LogP contribution in [0.3, 0.4) is 0 Å². The van der Waals surface area contributed by atoms with Gasteiger partial charge >= 0.3 is 0 Å². The first-order valence-corrected chi connectivity index (χ1v) is 5.83. The highest BCUT2D eigenvalue weighted by atomic mass is 32.2. The summed E-state index contributed by atoms with van der Waals surface area (Å²) in [6.45, 7) is 4.15. The maximum Gasteiger partial charge on any atom is 0.208 e. The summed E-state index contributed by atoms with van der Waals surface area (Å²) in [4.78, 5) is 4.22. The van der Waals surface area contributed by atoms with Crippen molar-refractivity contribution >= 4 is 11.8 Å². The Kier molecular flexibility index (Phi) is 4.90. The molecule has 74 valence electrons. The lowest BCUT2D eigenvalue weighted by molar-refractivity contribution is 0.706. The second-order valence-corrected chi connectivity index (χ2v) is 4.17. The molecule has 0 saturated carbocycles. The van der Waals surface area contributed by atoms with Gasteiger partial charge in [0.1, 0.15) is 5.82 Å². The Hall–Kier alpha value is -0.510. The van der Waals surface area contributed by atoms with Crippen LogP contribution >= 0.6 is 11.8 Å². The zero-order valence-electron chi connectivity index (χ0n) is 8.34. The molecule has 13 heavy (non-hydrogen) atoms. The number of H-pyrrole nitrogens is 1. The van der Waals surface area contributed by atoms with Gasteiger partial charge in [0.2, 0.25) is 5.16 Å². The van der Waals surface area contributed by atoms with Crippen LogP contribution in [0, 0.1) is 6.92 Å². The Morgan fingerprint density at radius 2 is 2.15 bits per heavy atom. The second kappa shape index (κ2) is 6.02. The van der Waals surface area contributed by atoms with Gasteiger partial charge in [-0.2, -0.15) is 0 Å². The monoisotopic (exact) mass is 199 g/mol. The van der Waals surface area contributed by atoms with Crippen molar-refractivity contribution in [3.05, 3.63) is 5.82 Å². The van der Waals surface area contributed by atoms with Crippen molar-refractivity contribution in [2.75, 3.05) is 5.75 Å². The molecule has 0 fully saturated rings. The van der Waals surface area contributed by atoms with Crippen LogP contribution in [0.2, 0.25) is 0 Å². The van der Waals surface area contributed by atoms with Gasteiger partial charge in [-0.1, -0.05) is 37.9 Å². The number of rotatable bonds is 6. The largest absolute Gasteiger partial charge is 0.262 e. The van der Waals surface area contributed by atoms with Gasteiger partial charge in [-0.3, -0.25) is 5.10 Å². The SMILES string of the molecule is CCCCCCSc1n[nH]c(C)n1. The molecule has 1 aromatic rings. The molecule has 1 N–H and O–H groups in total. The van der Waals surface area contributed by atoms with E-state index in [4.69, 9.17) is 0 Å². The van der Waals surface area contributed by atoms with Gasteiger partial charge in [0.25, 0.3) is 0 Å². The molecule has 0 aliphatic heterocycles. The molecule has 4 heteroatoms. The van der Waals surface area contributed by atoms with Crippen LogP contribution in [0.1, 0.15) is 38.4 Å². The fourth-order valence-corrected chi connectivity index (χ4v) is 1.92. The van der Waals surface area contributed by atoms with Gasteiger partial charge in [-0.25, -0.2) is 4.98 Å². The Morgan fingerprint density at radius 3 is 2.77 bits per heavy atom. The molecule has 0 unspecified atom stereocenters. The molecule has 0 spiro atoms. The van der Waals surface area contributed by atoms with E-state index in [0.29, 0.717) is 0 Å². The van der Waals surface area contributed by atoms with Crippen LogP contribution in [-0.2, 0) is 0 Å². The van der Waals surface area contributed by atoms with Crippen molar-refractivity contribution in [3.63, 3.8) is 0 Å². The fraction of sp³-hybridized carbons (Fsp3) is 0.778. The van der Waals surface area contributed by atoms with Gasteiger partial charge in [0.15, 0.2) is 0 Å².